The highest BCUT2D eigenvalue weighted by molar-refractivity contribution is 7.14. The van der Waals surface area contributed by atoms with Crippen molar-refractivity contribution in [3.05, 3.63) is 56.7 Å². The number of hydrogen-bond donors (Lipinski definition) is 1. The van der Waals surface area contributed by atoms with E-state index in [0.717, 1.165) is 16.3 Å². The summed E-state index contributed by atoms with van der Waals surface area (Å²) in [5.74, 6) is -0.336. The van der Waals surface area contributed by atoms with E-state index in [1.165, 1.54) is 11.3 Å². The first-order valence-corrected chi connectivity index (χ1v) is 7.40. The van der Waals surface area contributed by atoms with Crippen molar-refractivity contribution < 1.29 is 9.59 Å². The minimum atomic E-state index is -0.177. The quantitative estimate of drug-likeness (QED) is 0.921. The molecule has 1 N–H and O–H groups in total. The van der Waals surface area contributed by atoms with Crippen molar-refractivity contribution in [2.75, 3.05) is 5.32 Å². The van der Waals surface area contributed by atoms with Crippen LogP contribution in [0.15, 0.2) is 35.5 Å². The number of aromatic nitrogens is 1. The maximum Gasteiger partial charge on any atom is 0.221 e. The zero-order valence-electron chi connectivity index (χ0n) is 12.0. The highest BCUT2D eigenvalue weighted by atomic mass is 32.1. The molecule has 0 unspecified atom stereocenters. The highest BCUT2D eigenvalue weighted by Crippen LogP contribution is 2.30. The zero-order chi connectivity index (χ0) is 15.1. The van der Waals surface area contributed by atoms with Gasteiger partial charge in [-0.1, -0.05) is 17.7 Å². The molecule has 0 aliphatic heterocycles. The molecule has 1 aliphatic carbocycles. The van der Waals surface area contributed by atoms with Crippen LogP contribution in [0, 0.1) is 13.8 Å². The molecular weight excluding hydrogens is 284 g/mol. The van der Waals surface area contributed by atoms with Crippen LogP contribution in [0.25, 0.3) is 0 Å². The monoisotopic (exact) mass is 298 g/mol. The van der Waals surface area contributed by atoms with E-state index in [4.69, 9.17) is 0 Å². The molecular formula is C16H14N2O2S. The fourth-order valence-electron chi connectivity index (χ4n) is 2.24. The van der Waals surface area contributed by atoms with Crippen molar-refractivity contribution in [2.45, 2.75) is 20.8 Å². The first kappa shape index (κ1) is 13.7. The zero-order valence-corrected chi connectivity index (χ0v) is 12.8. The van der Waals surface area contributed by atoms with E-state index in [1.54, 1.807) is 13.8 Å². The molecule has 0 saturated carbocycles. The molecule has 5 heteroatoms. The summed E-state index contributed by atoms with van der Waals surface area (Å²) >= 11 is 1.27. The van der Waals surface area contributed by atoms with Gasteiger partial charge in [0.25, 0.3) is 0 Å². The van der Waals surface area contributed by atoms with Gasteiger partial charge in [0.05, 0.1) is 10.7 Å². The number of nitrogens with zero attached hydrogens (tertiary/aromatic N) is 1. The van der Waals surface area contributed by atoms with Gasteiger partial charge < -0.3 is 5.32 Å². The number of ketones is 2. The van der Waals surface area contributed by atoms with E-state index in [0.29, 0.717) is 16.1 Å². The number of aryl methyl sites for hydroxylation is 2. The Morgan fingerprint density at radius 1 is 1.00 bits per heavy atom. The van der Waals surface area contributed by atoms with Crippen LogP contribution in [-0.2, 0) is 0 Å². The van der Waals surface area contributed by atoms with Crippen LogP contribution in [0.2, 0.25) is 0 Å². The summed E-state index contributed by atoms with van der Waals surface area (Å²) in [5.41, 5.74) is 2.98. The minimum absolute atomic E-state index is 0.159. The normalized spacial score (nSPS) is 14.4. The second kappa shape index (κ2) is 4.93. The molecule has 1 heterocycles. The van der Waals surface area contributed by atoms with Gasteiger partial charge in [-0.3, -0.25) is 9.59 Å². The van der Waals surface area contributed by atoms with Crippen LogP contribution in [0.5, 0.6) is 0 Å². The number of Topliss-reactive ketones (excluding diaryl/α,β-unsaturated/α-hetero) is 2. The first-order valence-electron chi connectivity index (χ1n) is 6.59. The van der Waals surface area contributed by atoms with Gasteiger partial charge in [0.15, 0.2) is 0 Å². The second-order valence-electron chi connectivity index (χ2n) is 5.06. The van der Waals surface area contributed by atoms with E-state index in [-0.39, 0.29) is 17.3 Å². The molecule has 1 aliphatic rings. The van der Waals surface area contributed by atoms with Gasteiger partial charge >= 0.3 is 0 Å². The van der Waals surface area contributed by atoms with Crippen LogP contribution in [0.3, 0.4) is 0 Å². The van der Waals surface area contributed by atoms with Gasteiger partial charge in [0.1, 0.15) is 10.6 Å². The molecule has 0 amide bonds. The Morgan fingerprint density at radius 2 is 1.67 bits per heavy atom. The molecule has 21 heavy (non-hydrogen) atoms. The summed E-state index contributed by atoms with van der Waals surface area (Å²) in [7, 11) is 0. The predicted octanol–water partition coefficient (Wildman–Crippen LogP) is 3.53. The summed E-state index contributed by atoms with van der Waals surface area (Å²) in [6, 6.07) is 7.69. The number of anilines is 1. The van der Waals surface area contributed by atoms with Crippen LogP contribution in [0.1, 0.15) is 37.7 Å². The summed E-state index contributed by atoms with van der Waals surface area (Å²) in [5, 5.41) is 3.80. The number of hydrogen-bond acceptors (Lipinski definition) is 5. The SMILES string of the molecule is CC1=C(Nc2ccc(C)cc2)C(=O)c2sc(C)nc2C1=O. The topological polar surface area (TPSA) is 59.1 Å². The van der Waals surface area contributed by atoms with Gasteiger partial charge in [0, 0.05) is 11.3 Å². The second-order valence-corrected chi connectivity index (χ2v) is 6.26. The predicted molar refractivity (Wildman–Crippen MR) is 83.0 cm³/mol. The van der Waals surface area contributed by atoms with Gasteiger partial charge in [-0.2, -0.15) is 0 Å². The Bertz CT molecular complexity index is 785. The van der Waals surface area contributed by atoms with Crippen LogP contribution < -0.4 is 5.32 Å². The molecule has 0 fully saturated rings. The lowest BCUT2D eigenvalue weighted by Gasteiger charge is -2.17. The number of fused-ring (bicyclic) bond motifs is 1. The number of carbonyl (C=O) groups excluding carboxylic acids is 2. The number of rotatable bonds is 2. The van der Waals surface area contributed by atoms with Crippen molar-refractivity contribution in [1.82, 2.24) is 4.98 Å². The third kappa shape index (κ3) is 2.29. The van der Waals surface area contributed by atoms with Crippen molar-refractivity contribution in [1.29, 1.82) is 0 Å². The lowest BCUT2D eigenvalue weighted by atomic mass is 9.97. The molecule has 0 atom stereocenters. The maximum atomic E-state index is 12.6. The van der Waals surface area contributed by atoms with Crippen LogP contribution in [0.4, 0.5) is 5.69 Å². The van der Waals surface area contributed by atoms with Gasteiger partial charge in [-0.15, -0.1) is 11.3 Å². The van der Waals surface area contributed by atoms with Crippen molar-refractivity contribution in [3.63, 3.8) is 0 Å². The Labute approximate surface area is 126 Å². The van der Waals surface area contributed by atoms with Gasteiger partial charge in [-0.05, 0) is 32.9 Å². The summed E-state index contributed by atoms with van der Waals surface area (Å²) in [4.78, 5) is 29.5. The van der Waals surface area contributed by atoms with E-state index >= 15 is 0 Å². The highest BCUT2D eigenvalue weighted by Gasteiger charge is 2.33. The summed E-state index contributed by atoms with van der Waals surface area (Å²) in [6.45, 7) is 5.45. The van der Waals surface area contributed by atoms with Crippen LogP contribution in [-0.4, -0.2) is 16.6 Å². The number of benzene rings is 1. The molecule has 0 bridgehead atoms. The first-order chi connectivity index (χ1) is 9.97. The number of carbonyl (C=O) groups is 2. The molecule has 3 rings (SSSR count). The molecule has 1 aromatic carbocycles. The minimum Gasteiger partial charge on any atom is -0.352 e. The molecule has 4 nitrogen and oxygen atoms in total. The van der Waals surface area contributed by atoms with Crippen molar-refractivity contribution >= 4 is 28.6 Å². The van der Waals surface area contributed by atoms with E-state index in [9.17, 15) is 9.59 Å². The average Bonchev–Trinajstić information content (AvgIpc) is 2.85. The Hall–Kier alpha value is -2.27. The van der Waals surface area contributed by atoms with Crippen LogP contribution >= 0.6 is 11.3 Å². The van der Waals surface area contributed by atoms with Crippen molar-refractivity contribution in [3.8, 4) is 0 Å². The molecule has 0 spiro atoms. The number of thiazole rings is 1. The van der Waals surface area contributed by atoms with E-state index < -0.39 is 0 Å². The third-order valence-corrected chi connectivity index (χ3v) is 4.39. The summed E-state index contributed by atoms with van der Waals surface area (Å²) in [6.07, 6.45) is 0. The molecule has 1 aromatic heterocycles. The summed E-state index contributed by atoms with van der Waals surface area (Å²) < 4.78 is 0. The average molecular weight is 298 g/mol. The Balaban J connectivity index is 2.01. The van der Waals surface area contributed by atoms with E-state index in [1.807, 2.05) is 31.2 Å². The molecule has 0 radical (unpaired) electrons. The third-order valence-electron chi connectivity index (χ3n) is 3.42. The maximum absolute atomic E-state index is 12.6. The molecule has 0 saturated heterocycles. The lowest BCUT2D eigenvalue weighted by Crippen LogP contribution is -2.24. The Kier molecular flexibility index (Phi) is 3.22. The van der Waals surface area contributed by atoms with Crippen molar-refractivity contribution in [2.24, 2.45) is 0 Å². The molecule has 2 aromatic rings. The fraction of sp³-hybridized carbons (Fsp3) is 0.188. The fourth-order valence-corrected chi connectivity index (χ4v) is 3.10. The molecule has 106 valence electrons. The standard InChI is InChI=1S/C16H14N2O2S/c1-8-4-6-11(7-5-8)18-12-9(2)14(19)13-16(15(12)20)21-10(3)17-13/h4-7,18H,1-3H3. The van der Waals surface area contributed by atoms with E-state index in [2.05, 4.69) is 10.3 Å². The van der Waals surface area contributed by atoms with Gasteiger partial charge in [-0.25, -0.2) is 4.98 Å². The largest absolute Gasteiger partial charge is 0.352 e. The lowest BCUT2D eigenvalue weighted by molar-refractivity contribution is 0.0976. The Morgan fingerprint density at radius 3 is 2.33 bits per heavy atom. The van der Waals surface area contributed by atoms with Gasteiger partial charge in [0.2, 0.25) is 11.6 Å². The number of nitrogens with one attached hydrogen (secondary N) is 1. The smallest absolute Gasteiger partial charge is 0.221 e. The number of allylic oxidation sites excluding steroid dienone is 2.